The van der Waals surface area contributed by atoms with Gasteiger partial charge >= 0.3 is 12.3 Å². The molecule has 2 N–H and O–H groups in total. The van der Waals surface area contributed by atoms with Crippen molar-refractivity contribution in [3.8, 4) is 0 Å². The molecule has 1 aromatic heterocycles. The predicted octanol–water partition coefficient (Wildman–Crippen LogP) is 2.03. The maximum Gasteiger partial charge on any atom is 0.422 e. The molecule has 9 heteroatoms. The van der Waals surface area contributed by atoms with Crippen molar-refractivity contribution in [3.05, 3.63) is 34.9 Å². The number of H-pyrrole nitrogens is 1. The summed E-state index contributed by atoms with van der Waals surface area (Å²) >= 11 is 0. The van der Waals surface area contributed by atoms with Gasteiger partial charge in [0.05, 0.1) is 17.2 Å². The topological polar surface area (TPSA) is 84.1 Å². The normalized spacial score (nSPS) is 11.3. The zero-order chi connectivity index (χ0) is 14.8. The molecule has 0 spiro atoms. The summed E-state index contributed by atoms with van der Waals surface area (Å²) in [5, 5.41) is 2.29. The molecule has 0 saturated heterocycles. The van der Waals surface area contributed by atoms with E-state index >= 15 is 0 Å². The Balaban J connectivity index is 2.12. The number of rotatable bonds is 2. The maximum absolute atomic E-state index is 11.9. The molecule has 0 radical (unpaired) electrons. The molecule has 0 atom stereocenters. The van der Waals surface area contributed by atoms with E-state index in [-0.39, 0.29) is 11.1 Å². The summed E-state index contributed by atoms with van der Waals surface area (Å²) in [4.78, 5) is 28.9. The number of carbonyl (C=O) groups is 1. The molecule has 0 saturated carbocycles. The molecule has 106 valence electrons. The minimum atomic E-state index is -4.60. The van der Waals surface area contributed by atoms with Crippen molar-refractivity contribution in [2.24, 2.45) is 0 Å². The summed E-state index contributed by atoms with van der Waals surface area (Å²) in [6.07, 6.45) is -4.64. The molecule has 0 bridgehead atoms. The molecule has 0 aliphatic heterocycles. The first-order valence-corrected chi connectivity index (χ1v) is 5.33. The van der Waals surface area contributed by atoms with Gasteiger partial charge in [0.25, 0.3) is 5.56 Å². The second-order valence-electron chi connectivity index (χ2n) is 3.78. The van der Waals surface area contributed by atoms with Crippen LogP contribution in [-0.2, 0) is 4.74 Å². The van der Waals surface area contributed by atoms with E-state index in [9.17, 15) is 22.8 Å². The number of alkyl halides is 3. The highest BCUT2D eigenvalue weighted by Crippen LogP contribution is 2.16. The number of hydrogen-bond acceptors (Lipinski definition) is 4. The van der Waals surface area contributed by atoms with Crippen LogP contribution >= 0.6 is 0 Å². The molecule has 2 rings (SSSR count). The lowest BCUT2D eigenvalue weighted by atomic mass is 10.2. The quantitative estimate of drug-likeness (QED) is 0.885. The van der Waals surface area contributed by atoms with E-state index < -0.39 is 24.4 Å². The van der Waals surface area contributed by atoms with Crippen LogP contribution in [0.4, 0.5) is 23.7 Å². The van der Waals surface area contributed by atoms with Gasteiger partial charge in [-0.05, 0) is 18.2 Å². The number of nitrogens with one attached hydrogen (secondary N) is 2. The van der Waals surface area contributed by atoms with Crippen molar-refractivity contribution in [2.45, 2.75) is 6.18 Å². The van der Waals surface area contributed by atoms with Gasteiger partial charge in [-0.1, -0.05) is 0 Å². The summed E-state index contributed by atoms with van der Waals surface area (Å²) in [6, 6.07) is 4.13. The number of nitrogens with zero attached hydrogens (tertiary/aromatic N) is 1. The first-order chi connectivity index (χ1) is 9.35. The minimum absolute atomic E-state index is 0.128. The summed E-state index contributed by atoms with van der Waals surface area (Å²) < 4.78 is 39.5. The number of carbonyl (C=O) groups excluding carboxylic acids is 1. The molecule has 1 amide bonds. The number of aromatic amines is 1. The zero-order valence-electron chi connectivity index (χ0n) is 9.82. The third-order valence-corrected chi connectivity index (χ3v) is 2.25. The number of fused-ring (bicyclic) bond motifs is 1. The van der Waals surface area contributed by atoms with Crippen LogP contribution in [-0.4, -0.2) is 28.8 Å². The SMILES string of the molecule is O=C(Nc1ccc2nc[nH]c(=O)c2c1)OCC(F)(F)F. The van der Waals surface area contributed by atoms with E-state index in [1.165, 1.54) is 24.5 Å². The molecule has 1 heterocycles. The first-order valence-electron chi connectivity index (χ1n) is 5.33. The van der Waals surface area contributed by atoms with Crippen molar-refractivity contribution < 1.29 is 22.7 Å². The Kier molecular flexibility index (Phi) is 3.59. The maximum atomic E-state index is 11.9. The number of halogens is 3. The van der Waals surface area contributed by atoms with E-state index in [1.807, 2.05) is 0 Å². The third kappa shape index (κ3) is 3.46. The van der Waals surface area contributed by atoms with Gasteiger partial charge < -0.3 is 9.72 Å². The highest BCUT2D eigenvalue weighted by atomic mass is 19.4. The fourth-order valence-corrected chi connectivity index (χ4v) is 1.45. The van der Waals surface area contributed by atoms with Gasteiger partial charge in [0.1, 0.15) is 0 Å². The standard InChI is InChI=1S/C11H8F3N3O3/c12-11(13,14)4-20-10(19)17-6-1-2-8-7(3-6)9(18)16-5-15-8/h1-3,5H,4H2,(H,17,19)(H,15,16,18). The second-order valence-corrected chi connectivity index (χ2v) is 3.78. The van der Waals surface area contributed by atoms with Gasteiger partial charge in [-0.3, -0.25) is 10.1 Å². The van der Waals surface area contributed by atoms with Gasteiger partial charge in [0.2, 0.25) is 0 Å². The van der Waals surface area contributed by atoms with E-state index in [4.69, 9.17) is 0 Å². The van der Waals surface area contributed by atoms with Gasteiger partial charge in [-0.2, -0.15) is 13.2 Å². The van der Waals surface area contributed by atoms with Crippen LogP contribution < -0.4 is 10.9 Å². The number of benzene rings is 1. The number of anilines is 1. The fourth-order valence-electron chi connectivity index (χ4n) is 1.45. The molecule has 6 nitrogen and oxygen atoms in total. The number of amides is 1. The van der Waals surface area contributed by atoms with Crippen LogP contribution in [0.1, 0.15) is 0 Å². The van der Waals surface area contributed by atoms with Crippen LogP contribution in [0.3, 0.4) is 0 Å². The highest BCUT2D eigenvalue weighted by Gasteiger charge is 2.29. The van der Waals surface area contributed by atoms with Crippen molar-refractivity contribution in [3.63, 3.8) is 0 Å². The lowest BCUT2D eigenvalue weighted by molar-refractivity contribution is -0.159. The number of aromatic nitrogens is 2. The lowest BCUT2D eigenvalue weighted by Crippen LogP contribution is -2.23. The third-order valence-electron chi connectivity index (χ3n) is 2.25. The Morgan fingerprint density at radius 3 is 2.85 bits per heavy atom. The highest BCUT2D eigenvalue weighted by molar-refractivity contribution is 5.89. The van der Waals surface area contributed by atoms with E-state index in [1.54, 1.807) is 0 Å². The minimum Gasteiger partial charge on any atom is -0.440 e. The molecule has 0 aliphatic rings. The van der Waals surface area contributed by atoms with E-state index in [0.717, 1.165) is 0 Å². The Labute approximate surface area is 109 Å². The summed E-state index contributed by atoms with van der Waals surface area (Å²) in [6.45, 7) is -1.69. The number of ether oxygens (including phenoxy) is 1. The smallest absolute Gasteiger partial charge is 0.422 e. The van der Waals surface area contributed by atoms with Crippen LogP contribution in [0.5, 0.6) is 0 Å². The Morgan fingerprint density at radius 1 is 1.40 bits per heavy atom. The van der Waals surface area contributed by atoms with Crippen molar-refractivity contribution in [1.29, 1.82) is 0 Å². The average Bonchev–Trinajstić information content (AvgIpc) is 2.37. The summed E-state index contributed by atoms with van der Waals surface area (Å²) in [5.74, 6) is 0. The molecule has 0 unspecified atom stereocenters. The Hall–Kier alpha value is -2.58. The van der Waals surface area contributed by atoms with Crippen molar-refractivity contribution >= 4 is 22.7 Å². The van der Waals surface area contributed by atoms with Gasteiger partial charge in [-0.25, -0.2) is 9.78 Å². The van der Waals surface area contributed by atoms with Gasteiger partial charge in [-0.15, -0.1) is 0 Å². The van der Waals surface area contributed by atoms with Crippen LogP contribution in [0.25, 0.3) is 10.9 Å². The van der Waals surface area contributed by atoms with Crippen molar-refractivity contribution in [1.82, 2.24) is 9.97 Å². The van der Waals surface area contributed by atoms with Crippen LogP contribution in [0, 0.1) is 0 Å². The Morgan fingerprint density at radius 2 is 2.15 bits per heavy atom. The first kappa shape index (κ1) is 13.8. The summed E-state index contributed by atoms with van der Waals surface area (Å²) in [7, 11) is 0. The predicted molar refractivity (Wildman–Crippen MR) is 63.4 cm³/mol. The molecule has 1 aromatic carbocycles. The monoisotopic (exact) mass is 287 g/mol. The largest absolute Gasteiger partial charge is 0.440 e. The van der Waals surface area contributed by atoms with E-state index in [2.05, 4.69) is 20.0 Å². The summed E-state index contributed by atoms with van der Waals surface area (Å²) in [5.41, 5.74) is 0.0912. The van der Waals surface area contributed by atoms with Crippen molar-refractivity contribution in [2.75, 3.05) is 11.9 Å². The van der Waals surface area contributed by atoms with E-state index in [0.29, 0.717) is 5.52 Å². The molecular weight excluding hydrogens is 279 g/mol. The van der Waals surface area contributed by atoms with Gasteiger partial charge in [0.15, 0.2) is 6.61 Å². The molecule has 0 aliphatic carbocycles. The van der Waals surface area contributed by atoms with Gasteiger partial charge in [0, 0.05) is 5.69 Å². The lowest BCUT2D eigenvalue weighted by Gasteiger charge is -2.09. The fraction of sp³-hybridized carbons (Fsp3) is 0.182. The number of hydrogen-bond donors (Lipinski definition) is 2. The zero-order valence-corrected chi connectivity index (χ0v) is 9.82. The Bertz CT molecular complexity index is 696. The molecule has 20 heavy (non-hydrogen) atoms. The molecular formula is C11H8F3N3O3. The van der Waals surface area contributed by atoms with Crippen LogP contribution in [0.2, 0.25) is 0 Å². The average molecular weight is 287 g/mol. The molecule has 0 fully saturated rings. The second kappa shape index (κ2) is 5.19. The van der Waals surface area contributed by atoms with Crippen LogP contribution in [0.15, 0.2) is 29.3 Å². The molecule has 2 aromatic rings.